The zero-order valence-corrected chi connectivity index (χ0v) is 62.7. The number of hydrogen-bond donors (Lipinski definition) is 3. The van der Waals surface area contributed by atoms with Gasteiger partial charge in [-0.2, -0.15) is 0 Å². The lowest BCUT2D eigenvalue weighted by atomic mass is 9.99. The van der Waals surface area contributed by atoms with Crippen molar-refractivity contribution in [2.45, 2.75) is 388 Å². The first-order valence-electron chi connectivity index (χ1n) is 38.3. The molecule has 17 nitrogen and oxygen atoms in total. The maximum absolute atomic E-state index is 13.1. The molecule has 0 rings (SSSR count). The summed E-state index contributed by atoms with van der Waals surface area (Å²) in [6.07, 6.45) is 47.6. The summed E-state index contributed by atoms with van der Waals surface area (Å²) in [5.41, 5.74) is 0. The van der Waals surface area contributed by atoms with Gasteiger partial charge >= 0.3 is 39.5 Å². The average molecular weight is 1370 g/mol. The molecular formula is C74H144O17P2. The van der Waals surface area contributed by atoms with Crippen LogP contribution in [0.4, 0.5) is 0 Å². The van der Waals surface area contributed by atoms with Crippen molar-refractivity contribution in [3.8, 4) is 0 Å². The van der Waals surface area contributed by atoms with Crippen LogP contribution in [-0.4, -0.2) is 96.7 Å². The van der Waals surface area contributed by atoms with E-state index in [4.69, 9.17) is 37.0 Å². The molecule has 3 N–H and O–H groups in total. The lowest BCUT2D eigenvalue weighted by molar-refractivity contribution is -0.161. The van der Waals surface area contributed by atoms with Crippen molar-refractivity contribution in [3.63, 3.8) is 0 Å². The summed E-state index contributed by atoms with van der Waals surface area (Å²) in [4.78, 5) is 72.6. The Balaban J connectivity index is 5.16. The molecule has 0 saturated heterocycles. The fraction of sp³-hybridized carbons (Fsp3) is 0.946. The van der Waals surface area contributed by atoms with Gasteiger partial charge in [-0.25, -0.2) is 9.13 Å². The maximum Gasteiger partial charge on any atom is 0.472 e. The number of phosphoric acid groups is 2. The van der Waals surface area contributed by atoms with Crippen LogP contribution in [0.2, 0.25) is 0 Å². The first kappa shape index (κ1) is 91.1. The van der Waals surface area contributed by atoms with Crippen molar-refractivity contribution in [1.29, 1.82) is 0 Å². The topological polar surface area (TPSA) is 237 Å². The molecule has 0 aromatic carbocycles. The van der Waals surface area contributed by atoms with Crippen molar-refractivity contribution < 1.29 is 80.2 Å². The summed E-state index contributed by atoms with van der Waals surface area (Å²) in [5, 5.41) is 10.6. The summed E-state index contributed by atoms with van der Waals surface area (Å²) in [7, 11) is -9.91. The van der Waals surface area contributed by atoms with Gasteiger partial charge in [0.2, 0.25) is 0 Å². The molecule has 0 bridgehead atoms. The number of carbonyl (C=O) groups excluding carboxylic acids is 4. The number of aliphatic hydroxyl groups excluding tert-OH is 1. The van der Waals surface area contributed by atoms with Gasteiger partial charge in [0.05, 0.1) is 26.4 Å². The molecule has 7 atom stereocenters. The van der Waals surface area contributed by atoms with Gasteiger partial charge in [-0.05, 0) is 49.4 Å². The Kier molecular flexibility index (Phi) is 62.2. The first-order chi connectivity index (χ1) is 44.7. The number of phosphoric ester groups is 2. The monoisotopic (exact) mass is 1370 g/mol. The Labute approximate surface area is 568 Å². The summed E-state index contributed by atoms with van der Waals surface area (Å²) >= 11 is 0. The van der Waals surface area contributed by atoms with Crippen molar-refractivity contribution in [1.82, 2.24) is 0 Å². The fourth-order valence-corrected chi connectivity index (χ4v) is 12.7. The molecular weight excluding hydrogens is 1220 g/mol. The summed E-state index contributed by atoms with van der Waals surface area (Å²) in [6, 6.07) is 0. The third-order valence-corrected chi connectivity index (χ3v) is 19.7. The van der Waals surface area contributed by atoms with Gasteiger partial charge in [0.1, 0.15) is 19.3 Å². The summed E-state index contributed by atoms with van der Waals surface area (Å²) in [5.74, 6) is 0.884. The number of unbranched alkanes of at least 4 members (excludes halogenated alkanes) is 35. The zero-order chi connectivity index (χ0) is 68.9. The molecule has 19 heteroatoms. The average Bonchev–Trinajstić information content (AvgIpc) is 2.52. The highest BCUT2D eigenvalue weighted by Gasteiger charge is 2.30. The molecule has 0 aromatic rings. The van der Waals surface area contributed by atoms with Crippen LogP contribution < -0.4 is 0 Å². The van der Waals surface area contributed by atoms with E-state index in [0.717, 1.165) is 114 Å². The minimum absolute atomic E-state index is 0.101. The normalized spacial score (nSPS) is 14.8. The van der Waals surface area contributed by atoms with E-state index < -0.39 is 97.5 Å². The van der Waals surface area contributed by atoms with Crippen LogP contribution in [0.15, 0.2) is 0 Å². The first-order valence-corrected chi connectivity index (χ1v) is 41.3. The van der Waals surface area contributed by atoms with Crippen LogP contribution in [0, 0.1) is 23.7 Å². The van der Waals surface area contributed by atoms with E-state index in [1.54, 1.807) is 0 Å². The van der Waals surface area contributed by atoms with Gasteiger partial charge in [-0.1, -0.05) is 319 Å². The zero-order valence-electron chi connectivity index (χ0n) is 60.9. The third-order valence-electron chi connectivity index (χ3n) is 17.8. The van der Waals surface area contributed by atoms with Gasteiger partial charge in [0, 0.05) is 25.7 Å². The standard InChI is InChI=1S/C74H144O17P2/c1-9-66(7)52-44-36-27-23-19-17-15-13-11-12-14-16-18-20-24-29-40-48-56-73(78)90-69(60-84-71(76)54-46-38-28-25-21-22-26-34-42-50-64(3)4)62-88-92(80,81)86-58-68(75)59-87-93(82,83)89-63-70(91-74(79)57-49-41-32-30-35-43-51-65(5)6)61-85-72(77)55-47-39-33-31-37-45-53-67(8)10-2/h64-70,75H,9-63H2,1-8H3,(H,80,81)(H,82,83)/t66?,67?,68-,69-,70-/m1/s1. The second-order valence-electron chi connectivity index (χ2n) is 28.1. The number of carbonyl (C=O) groups is 4. The van der Waals surface area contributed by atoms with Crippen LogP contribution in [-0.2, 0) is 65.4 Å². The largest absolute Gasteiger partial charge is 0.472 e. The smallest absolute Gasteiger partial charge is 0.462 e. The van der Waals surface area contributed by atoms with Gasteiger partial charge in [0.25, 0.3) is 0 Å². The molecule has 552 valence electrons. The second-order valence-corrected chi connectivity index (χ2v) is 31.0. The Morgan fingerprint density at radius 3 is 0.763 bits per heavy atom. The number of esters is 4. The predicted molar refractivity (Wildman–Crippen MR) is 377 cm³/mol. The Morgan fingerprint density at radius 2 is 0.516 bits per heavy atom. The molecule has 0 aliphatic rings. The number of hydrogen-bond acceptors (Lipinski definition) is 15. The predicted octanol–water partition coefficient (Wildman–Crippen LogP) is 21.3. The number of ether oxygens (including phenoxy) is 4. The minimum Gasteiger partial charge on any atom is -0.462 e. The summed E-state index contributed by atoms with van der Waals surface area (Å²) in [6.45, 7) is 14.1. The molecule has 0 heterocycles. The van der Waals surface area contributed by atoms with Crippen LogP contribution in [0.3, 0.4) is 0 Å². The lowest BCUT2D eigenvalue weighted by Crippen LogP contribution is -2.30. The highest BCUT2D eigenvalue weighted by Crippen LogP contribution is 2.45. The Bertz CT molecular complexity index is 1840. The van der Waals surface area contributed by atoms with Gasteiger partial charge in [-0.15, -0.1) is 0 Å². The molecule has 93 heavy (non-hydrogen) atoms. The molecule has 0 spiro atoms. The molecule has 0 aliphatic carbocycles. The quantitative estimate of drug-likeness (QED) is 0.0222. The van der Waals surface area contributed by atoms with Crippen LogP contribution in [0.1, 0.15) is 370 Å². The SMILES string of the molecule is CCC(C)CCCCCCCCCCCCCCCCCCCCC(=O)O[C@H](COC(=O)CCCCCCCCCCCC(C)C)COP(=O)(O)OC[C@@H](O)COP(=O)(O)OC[C@@H](COC(=O)CCCCCCCCC(C)CC)OC(=O)CCCCCCCCC(C)C. The molecule has 0 aromatic heterocycles. The van der Waals surface area contributed by atoms with Crippen LogP contribution in [0.5, 0.6) is 0 Å². The van der Waals surface area contributed by atoms with E-state index in [0.29, 0.717) is 31.6 Å². The Morgan fingerprint density at radius 1 is 0.301 bits per heavy atom. The lowest BCUT2D eigenvalue weighted by Gasteiger charge is -2.21. The van der Waals surface area contributed by atoms with Crippen molar-refractivity contribution >= 4 is 39.5 Å². The van der Waals surface area contributed by atoms with Gasteiger partial charge in [0.15, 0.2) is 12.2 Å². The van der Waals surface area contributed by atoms with Crippen LogP contribution >= 0.6 is 15.6 Å². The van der Waals surface area contributed by atoms with Crippen LogP contribution in [0.25, 0.3) is 0 Å². The summed E-state index contributed by atoms with van der Waals surface area (Å²) < 4.78 is 68.3. The van der Waals surface area contributed by atoms with E-state index in [1.807, 2.05) is 0 Å². The molecule has 0 amide bonds. The molecule has 4 unspecified atom stereocenters. The Hall–Kier alpha value is -1.94. The maximum atomic E-state index is 13.1. The number of rotatable bonds is 71. The van der Waals surface area contributed by atoms with Gasteiger partial charge < -0.3 is 33.8 Å². The van der Waals surface area contributed by atoms with Crippen molar-refractivity contribution in [3.05, 3.63) is 0 Å². The number of aliphatic hydroxyl groups is 1. The molecule has 0 radical (unpaired) electrons. The minimum atomic E-state index is -4.96. The van der Waals surface area contributed by atoms with E-state index in [9.17, 15) is 43.2 Å². The fourth-order valence-electron chi connectivity index (χ4n) is 11.1. The van der Waals surface area contributed by atoms with Crippen molar-refractivity contribution in [2.75, 3.05) is 39.6 Å². The molecule has 0 aliphatic heterocycles. The molecule has 0 fully saturated rings. The van der Waals surface area contributed by atoms with E-state index in [2.05, 4.69) is 55.4 Å². The highest BCUT2D eigenvalue weighted by atomic mass is 31.2. The highest BCUT2D eigenvalue weighted by molar-refractivity contribution is 7.47. The van der Waals surface area contributed by atoms with Crippen molar-refractivity contribution in [2.24, 2.45) is 23.7 Å². The third kappa shape index (κ3) is 65.8. The van der Waals surface area contributed by atoms with E-state index in [1.165, 1.54) is 167 Å². The molecule has 0 saturated carbocycles. The van der Waals surface area contributed by atoms with E-state index >= 15 is 0 Å². The van der Waals surface area contributed by atoms with Gasteiger partial charge in [-0.3, -0.25) is 37.3 Å². The second kappa shape index (κ2) is 63.5. The van der Waals surface area contributed by atoms with E-state index in [-0.39, 0.29) is 25.7 Å².